The van der Waals surface area contributed by atoms with Gasteiger partial charge in [0, 0.05) is 51.9 Å². The van der Waals surface area contributed by atoms with Crippen LogP contribution in [0.1, 0.15) is 19.5 Å². The third kappa shape index (κ3) is 5.55. The second-order valence-electron chi connectivity index (χ2n) is 5.88. The van der Waals surface area contributed by atoms with Crippen LogP contribution in [0.3, 0.4) is 0 Å². The van der Waals surface area contributed by atoms with Gasteiger partial charge < -0.3 is 20.1 Å². The number of aliphatic imine (C=N–C) groups is 1. The number of rotatable bonds is 5. The summed E-state index contributed by atoms with van der Waals surface area (Å²) >= 11 is 0. The number of carbonyl (C=O) groups excluding carboxylic acids is 1. The van der Waals surface area contributed by atoms with Gasteiger partial charge in [-0.1, -0.05) is 5.16 Å². The van der Waals surface area contributed by atoms with Gasteiger partial charge in [-0.25, -0.2) is 0 Å². The van der Waals surface area contributed by atoms with Crippen LogP contribution in [-0.4, -0.2) is 72.6 Å². The zero-order chi connectivity index (χ0) is 16.7. The van der Waals surface area contributed by atoms with Gasteiger partial charge in [0.2, 0.25) is 5.91 Å². The number of nitrogens with one attached hydrogen (secondary N) is 2. The van der Waals surface area contributed by atoms with E-state index in [4.69, 9.17) is 4.52 Å². The molecule has 1 amide bonds. The second-order valence-corrected chi connectivity index (χ2v) is 5.88. The average molecular weight is 322 g/mol. The Morgan fingerprint density at radius 2 is 2.13 bits per heavy atom. The van der Waals surface area contributed by atoms with Crippen LogP contribution in [0, 0.1) is 0 Å². The van der Waals surface area contributed by atoms with Crippen LogP contribution in [0.5, 0.6) is 0 Å². The zero-order valence-corrected chi connectivity index (χ0v) is 14.1. The van der Waals surface area contributed by atoms with E-state index in [9.17, 15) is 4.79 Å². The molecule has 2 N–H and O–H groups in total. The number of carbonyl (C=O) groups is 1. The Bertz CT molecular complexity index is 506. The third-order valence-corrected chi connectivity index (χ3v) is 3.62. The lowest BCUT2D eigenvalue weighted by molar-refractivity contribution is -0.120. The molecule has 8 nitrogen and oxygen atoms in total. The van der Waals surface area contributed by atoms with Crippen LogP contribution in [0.25, 0.3) is 0 Å². The summed E-state index contributed by atoms with van der Waals surface area (Å²) in [5.41, 5.74) is 0.950. The van der Waals surface area contributed by atoms with Gasteiger partial charge in [-0.3, -0.25) is 14.7 Å². The van der Waals surface area contributed by atoms with Crippen molar-refractivity contribution in [2.75, 3.05) is 39.8 Å². The number of amides is 1. The minimum atomic E-state index is -0.0224. The van der Waals surface area contributed by atoms with E-state index in [0.717, 1.165) is 44.4 Å². The summed E-state index contributed by atoms with van der Waals surface area (Å²) < 4.78 is 4.86. The molecule has 128 valence electrons. The molecule has 0 atom stereocenters. The van der Waals surface area contributed by atoms with E-state index in [-0.39, 0.29) is 18.5 Å². The molecule has 0 unspecified atom stereocenters. The van der Waals surface area contributed by atoms with Crippen LogP contribution >= 0.6 is 0 Å². The molecule has 0 bridgehead atoms. The molecule has 1 aliphatic rings. The number of aromatic nitrogens is 1. The first kappa shape index (κ1) is 17.3. The molecular weight excluding hydrogens is 296 g/mol. The van der Waals surface area contributed by atoms with Crippen molar-refractivity contribution in [3.05, 3.63) is 18.0 Å². The highest BCUT2D eigenvalue weighted by atomic mass is 16.5. The van der Waals surface area contributed by atoms with Crippen molar-refractivity contribution in [3.63, 3.8) is 0 Å². The van der Waals surface area contributed by atoms with Crippen molar-refractivity contribution in [1.82, 2.24) is 25.6 Å². The molecule has 1 saturated heterocycles. The maximum atomic E-state index is 11.7. The largest absolute Gasteiger partial charge is 0.364 e. The maximum absolute atomic E-state index is 11.7. The summed E-state index contributed by atoms with van der Waals surface area (Å²) in [5, 5.41) is 9.92. The lowest BCUT2D eigenvalue weighted by Crippen LogP contribution is -2.53. The number of piperazine rings is 1. The van der Waals surface area contributed by atoms with E-state index < -0.39 is 0 Å². The number of guanidine groups is 1. The molecule has 0 spiro atoms. The summed E-state index contributed by atoms with van der Waals surface area (Å²) in [4.78, 5) is 20.5. The average Bonchev–Trinajstić information content (AvgIpc) is 3.01. The SMILES string of the molecule is CN=C(NCC(=O)NC(C)C)N1CCN(Cc2ccon2)CC1. The molecule has 2 heterocycles. The molecule has 0 aliphatic carbocycles. The first-order valence-electron chi connectivity index (χ1n) is 7.95. The lowest BCUT2D eigenvalue weighted by Gasteiger charge is -2.36. The Balaban J connectivity index is 1.75. The minimum Gasteiger partial charge on any atom is -0.364 e. The minimum absolute atomic E-state index is 0.0224. The zero-order valence-electron chi connectivity index (χ0n) is 14.1. The van der Waals surface area contributed by atoms with E-state index in [1.807, 2.05) is 19.9 Å². The Kier molecular flexibility index (Phi) is 6.40. The highest BCUT2D eigenvalue weighted by Gasteiger charge is 2.20. The molecule has 1 aromatic rings. The topological polar surface area (TPSA) is 86.0 Å². The summed E-state index contributed by atoms with van der Waals surface area (Å²) in [7, 11) is 1.74. The van der Waals surface area contributed by atoms with E-state index in [0.29, 0.717) is 0 Å². The quantitative estimate of drug-likeness (QED) is 0.581. The molecule has 0 radical (unpaired) electrons. The van der Waals surface area contributed by atoms with Crippen molar-refractivity contribution in [3.8, 4) is 0 Å². The Labute approximate surface area is 136 Å². The second kappa shape index (κ2) is 8.52. The molecule has 1 aliphatic heterocycles. The Hall–Kier alpha value is -2.09. The number of nitrogens with zero attached hydrogens (tertiary/aromatic N) is 4. The van der Waals surface area contributed by atoms with Crippen LogP contribution in [0.15, 0.2) is 21.8 Å². The number of hydrogen-bond donors (Lipinski definition) is 2. The van der Waals surface area contributed by atoms with Crippen molar-refractivity contribution < 1.29 is 9.32 Å². The fraction of sp³-hybridized carbons (Fsp3) is 0.667. The fourth-order valence-corrected chi connectivity index (χ4v) is 2.53. The highest BCUT2D eigenvalue weighted by molar-refractivity contribution is 5.86. The van der Waals surface area contributed by atoms with Gasteiger partial charge in [-0.15, -0.1) is 0 Å². The maximum Gasteiger partial charge on any atom is 0.239 e. The van der Waals surface area contributed by atoms with Crippen LogP contribution < -0.4 is 10.6 Å². The highest BCUT2D eigenvalue weighted by Crippen LogP contribution is 2.07. The first-order valence-corrected chi connectivity index (χ1v) is 7.95. The first-order chi connectivity index (χ1) is 11.1. The standard InChI is InChI=1S/C15H26N6O2/c1-12(2)18-14(22)10-17-15(16-3)21-7-5-20(6-8-21)11-13-4-9-23-19-13/h4,9,12H,5-8,10-11H2,1-3H3,(H,16,17)(H,18,22). The van der Waals surface area contributed by atoms with Gasteiger partial charge in [0.05, 0.1) is 12.2 Å². The summed E-state index contributed by atoms with van der Waals surface area (Å²) in [6.07, 6.45) is 1.60. The lowest BCUT2D eigenvalue weighted by atomic mass is 10.3. The molecule has 2 rings (SSSR count). The summed E-state index contributed by atoms with van der Waals surface area (Å²) in [6.45, 7) is 8.50. The predicted molar refractivity (Wildman–Crippen MR) is 88.0 cm³/mol. The molecule has 0 aromatic carbocycles. The van der Waals surface area contributed by atoms with E-state index in [1.165, 1.54) is 0 Å². The number of hydrogen-bond acceptors (Lipinski definition) is 5. The van der Waals surface area contributed by atoms with E-state index in [2.05, 4.69) is 30.6 Å². The summed E-state index contributed by atoms with van der Waals surface area (Å²) in [6, 6.07) is 2.03. The Morgan fingerprint density at radius 1 is 1.39 bits per heavy atom. The molecular formula is C15H26N6O2. The molecule has 23 heavy (non-hydrogen) atoms. The smallest absolute Gasteiger partial charge is 0.239 e. The van der Waals surface area contributed by atoms with Gasteiger partial charge in [0.15, 0.2) is 5.96 Å². The van der Waals surface area contributed by atoms with Gasteiger partial charge in [-0.2, -0.15) is 0 Å². The summed E-state index contributed by atoms with van der Waals surface area (Å²) in [5.74, 6) is 0.746. The normalized spacial score (nSPS) is 16.7. The van der Waals surface area contributed by atoms with Crippen LogP contribution in [0.2, 0.25) is 0 Å². The van der Waals surface area contributed by atoms with Gasteiger partial charge in [0.25, 0.3) is 0 Å². The molecule has 0 saturated carbocycles. The molecule has 8 heteroatoms. The van der Waals surface area contributed by atoms with Gasteiger partial charge in [0.1, 0.15) is 6.26 Å². The molecule has 1 aromatic heterocycles. The molecule has 1 fully saturated rings. The van der Waals surface area contributed by atoms with E-state index >= 15 is 0 Å². The monoisotopic (exact) mass is 322 g/mol. The van der Waals surface area contributed by atoms with Crippen molar-refractivity contribution in [2.24, 2.45) is 4.99 Å². The fourth-order valence-electron chi connectivity index (χ4n) is 2.53. The predicted octanol–water partition coefficient (Wildman–Crippen LogP) is -0.108. The van der Waals surface area contributed by atoms with Gasteiger partial charge >= 0.3 is 0 Å². The van der Waals surface area contributed by atoms with E-state index in [1.54, 1.807) is 13.3 Å². The van der Waals surface area contributed by atoms with Crippen molar-refractivity contribution >= 4 is 11.9 Å². The van der Waals surface area contributed by atoms with Gasteiger partial charge in [-0.05, 0) is 13.8 Å². The van der Waals surface area contributed by atoms with Crippen LogP contribution in [0.4, 0.5) is 0 Å². The van der Waals surface area contributed by atoms with Crippen molar-refractivity contribution in [2.45, 2.75) is 26.4 Å². The third-order valence-electron chi connectivity index (χ3n) is 3.62. The van der Waals surface area contributed by atoms with Crippen LogP contribution in [-0.2, 0) is 11.3 Å². The Morgan fingerprint density at radius 3 is 2.70 bits per heavy atom. The van der Waals surface area contributed by atoms with Crippen molar-refractivity contribution in [1.29, 1.82) is 0 Å².